The molecule has 0 spiro atoms. The van der Waals surface area contributed by atoms with E-state index in [2.05, 4.69) is 36.2 Å². The Kier molecular flexibility index (Phi) is 4.94. The van der Waals surface area contributed by atoms with E-state index in [9.17, 15) is 0 Å². The maximum Gasteiger partial charge on any atom is 0.194 e. The molecule has 1 aromatic carbocycles. The fourth-order valence-electron chi connectivity index (χ4n) is 3.31. The number of likely N-dealkylation sites (tertiary alicyclic amines) is 1. The van der Waals surface area contributed by atoms with Crippen molar-refractivity contribution >= 4 is 5.96 Å². The number of nitrogens with one attached hydrogen (secondary N) is 1. The largest absolute Gasteiger partial charge is 0.496 e. The van der Waals surface area contributed by atoms with Crippen LogP contribution in [0.5, 0.6) is 11.5 Å². The highest BCUT2D eigenvalue weighted by Crippen LogP contribution is 2.35. The first kappa shape index (κ1) is 16.0. The number of methoxy groups -OCH3 is 1. The number of hydrogen-bond donors (Lipinski definition) is 1. The highest BCUT2D eigenvalue weighted by atomic mass is 16.5. The van der Waals surface area contributed by atoms with Crippen molar-refractivity contribution in [2.24, 2.45) is 4.99 Å². The predicted molar refractivity (Wildman–Crippen MR) is 92.4 cm³/mol. The minimum absolute atomic E-state index is 0.246. The highest BCUT2D eigenvalue weighted by Gasteiger charge is 2.22. The van der Waals surface area contributed by atoms with Crippen molar-refractivity contribution in [3.63, 3.8) is 0 Å². The van der Waals surface area contributed by atoms with Crippen LogP contribution in [0.3, 0.4) is 0 Å². The second-order valence-corrected chi connectivity index (χ2v) is 6.27. The van der Waals surface area contributed by atoms with Gasteiger partial charge in [0.25, 0.3) is 0 Å². The predicted octanol–water partition coefficient (Wildman–Crippen LogP) is 2.58. The van der Waals surface area contributed by atoms with Gasteiger partial charge in [0.05, 0.1) is 13.7 Å². The van der Waals surface area contributed by atoms with Crippen LogP contribution in [0, 0.1) is 0 Å². The van der Waals surface area contributed by atoms with Crippen LogP contribution in [0.4, 0.5) is 0 Å². The molecule has 3 rings (SSSR count). The molecule has 1 atom stereocenters. The lowest BCUT2D eigenvalue weighted by Crippen LogP contribution is -2.39. The third-order valence-electron chi connectivity index (χ3n) is 4.44. The van der Waals surface area contributed by atoms with Crippen LogP contribution in [-0.2, 0) is 13.0 Å². The first-order chi connectivity index (χ1) is 11.2. The number of benzene rings is 1. The van der Waals surface area contributed by atoms with Crippen LogP contribution in [0.25, 0.3) is 0 Å². The van der Waals surface area contributed by atoms with Crippen LogP contribution in [0.1, 0.15) is 37.8 Å². The molecule has 0 bridgehead atoms. The van der Waals surface area contributed by atoms with Gasteiger partial charge in [-0.1, -0.05) is 0 Å². The Morgan fingerprint density at radius 1 is 1.39 bits per heavy atom. The summed E-state index contributed by atoms with van der Waals surface area (Å²) in [5.74, 6) is 2.89. The minimum atomic E-state index is 0.246. The van der Waals surface area contributed by atoms with Crippen LogP contribution < -0.4 is 14.8 Å². The first-order valence-electron chi connectivity index (χ1n) is 8.61. The molecule has 1 N–H and O–H groups in total. The third-order valence-corrected chi connectivity index (χ3v) is 4.44. The number of nitrogens with zero attached hydrogens (tertiary/aromatic N) is 2. The van der Waals surface area contributed by atoms with E-state index in [1.807, 2.05) is 0 Å². The van der Waals surface area contributed by atoms with E-state index in [0.717, 1.165) is 49.1 Å². The molecule has 0 saturated carbocycles. The molecule has 23 heavy (non-hydrogen) atoms. The fraction of sp³-hybridized carbons (Fsp3) is 0.611. The zero-order valence-corrected chi connectivity index (χ0v) is 14.4. The van der Waals surface area contributed by atoms with Crippen LogP contribution >= 0.6 is 0 Å². The Balaban J connectivity index is 1.80. The van der Waals surface area contributed by atoms with Gasteiger partial charge in [-0.15, -0.1) is 0 Å². The molecule has 0 amide bonds. The molecule has 1 unspecified atom stereocenters. The summed E-state index contributed by atoms with van der Waals surface area (Å²) in [6.07, 6.45) is 3.69. The lowest BCUT2D eigenvalue weighted by molar-refractivity contribution is 0.254. The van der Waals surface area contributed by atoms with Crippen LogP contribution in [-0.4, -0.2) is 43.7 Å². The summed E-state index contributed by atoms with van der Waals surface area (Å²) in [6, 6.07) is 4.20. The Labute approximate surface area is 138 Å². The quantitative estimate of drug-likeness (QED) is 0.685. The van der Waals surface area contributed by atoms with Crippen molar-refractivity contribution in [3.05, 3.63) is 23.3 Å². The molecule has 0 aromatic heterocycles. The molecule has 1 aromatic rings. The maximum absolute atomic E-state index is 5.87. The fourth-order valence-corrected chi connectivity index (χ4v) is 3.31. The van der Waals surface area contributed by atoms with Gasteiger partial charge in [0.15, 0.2) is 5.96 Å². The van der Waals surface area contributed by atoms with Gasteiger partial charge in [-0.2, -0.15) is 0 Å². The normalized spacial score (nSPS) is 20.4. The van der Waals surface area contributed by atoms with Crippen molar-refractivity contribution in [3.8, 4) is 11.5 Å². The van der Waals surface area contributed by atoms with Gasteiger partial charge < -0.3 is 19.7 Å². The van der Waals surface area contributed by atoms with Gasteiger partial charge in [0.1, 0.15) is 17.6 Å². The monoisotopic (exact) mass is 317 g/mol. The average Bonchev–Trinajstić information content (AvgIpc) is 3.18. The van der Waals surface area contributed by atoms with Gasteiger partial charge in [0.2, 0.25) is 0 Å². The second-order valence-electron chi connectivity index (χ2n) is 6.27. The summed E-state index contributed by atoms with van der Waals surface area (Å²) in [6.45, 7) is 7.88. The summed E-state index contributed by atoms with van der Waals surface area (Å²) >= 11 is 0. The molecule has 2 heterocycles. The molecule has 0 aliphatic carbocycles. The lowest BCUT2D eigenvalue weighted by Gasteiger charge is -2.21. The SMILES string of the molecule is CCNC(=NCc1cc2c(cc1OC)CC(C)O2)N1CCCC1. The number of guanidine groups is 1. The number of aliphatic imine (C=N–C) groups is 1. The molecular weight excluding hydrogens is 290 g/mol. The molecule has 2 aliphatic rings. The number of rotatable bonds is 4. The third kappa shape index (κ3) is 3.54. The Morgan fingerprint density at radius 2 is 2.17 bits per heavy atom. The molecular formula is C18H27N3O2. The van der Waals surface area contributed by atoms with E-state index in [-0.39, 0.29) is 6.10 Å². The van der Waals surface area contributed by atoms with Crippen molar-refractivity contribution in [1.82, 2.24) is 10.2 Å². The number of ether oxygens (including phenoxy) is 2. The van der Waals surface area contributed by atoms with Gasteiger partial charge >= 0.3 is 0 Å². The summed E-state index contributed by atoms with van der Waals surface area (Å²) in [7, 11) is 1.72. The van der Waals surface area contributed by atoms with E-state index in [1.54, 1.807) is 7.11 Å². The maximum atomic E-state index is 5.87. The van der Waals surface area contributed by atoms with E-state index in [4.69, 9.17) is 14.5 Å². The number of hydrogen-bond acceptors (Lipinski definition) is 3. The molecule has 2 aliphatic heterocycles. The molecule has 1 fully saturated rings. The number of fused-ring (bicyclic) bond motifs is 1. The van der Waals surface area contributed by atoms with E-state index < -0.39 is 0 Å². The average molecular weight is 317 g/mol. The van der Waals surface area contributed by atoms with Crippen molar-refractivity contribution < 1.29 is 9.47 Å². The zero-order chi connectivity index (χ0) is 16.2. The van der Waals surface area contributed by atoms with Crippen molar-refractivity contribution in [2.45, 2.75) is 45.8 Å². The molecule has 126 valence electrons. The van der Waals surface area contributed by atoms with E-state index in [0.29, 0.717) is 6.54 Å². The molecule has 5 heteroatoms. The van der Waals surface area contributed by atoms with Crippen molar-refractivity contribution in [1.29, 1.82) is 0 Å². The topological polar surface area (TPSA) is 46.1 Å². The van der Waals surface area contributed by atoms with Crippen LogP contribution in [0.2, 0.25) is 0 Å². The summed E-state index contributed by atoms with van der Waals surface area (Å²) in [4.78, 5) is 7.15. The van der Waals surface area contributed by atoms with E-state index in [1.165, 1.54) is 18.4 Å². The summed E-state index contributed by atoms with van der Waals surface area (Å²) in [5, 5.41) is 3.40. The van der Waals surface area contributed by atoms with Gasteiger partial charge in [-0.05, 0) is 38.8 Å². The standard InChI is InChI=1S/C18H27N3O2/c1-4-19-18(21-7-5-6-8-21)20-12-15-11-17-14(9-13(2)23-17)10-16(15)22-3/h10-11,13H,4-9,12H2,1-3H3,(H,19,20). The zero-order valence-electron chi connectivity index (χ0n) is 14.4. The highest BCUT2D eigenvalue weighted by molar-refractivity contribution is 5.80. The second kappa shape index (κ2) is 7.11. The Hall–Kier alpha value is -1.91. The Morgan fingerprint density at radius 3 is 2.87 bits per heavy atom. The smallest absolute Gasteiger partial charge is 0.194 e. The summed E-state index contributed by atoms with van der Waals surface area (Å²) in [5.41, 5.74) is 2.31. The molecule has 5 nitrogen and oxygen atoms in total. The molecule has 1 saturated heterocycles. The molecule has 0 radical (unpaired) electrons. The Bertz CT molecular complexity index is 580. The first-order valence-corrected chi connectivity index (χ1v) is 8.61. The van der Waals surface area contributed by atoms with Crippen LogP contribution in [0.15, 0.2) is 17.1 Å². The minimum Gasteiger partial charge on any atom is -0.496 e. The van der Waals surface area contributed by atoms with E-state index >= 15 is 0 Å². The lowest BCUT2D eigenvalue weighted by atomic mass is 10.1. The van der Waals surface area contributed by atoms with Crippen molar-refractivity contribution in [2.75, 3.05) is 26.7 Å². The van der Waals surface area contributed by atoms with Gasteiger partial charge in [-0.3, -0.25) is 0 Å². The van der Waals surface area contributed by atoms with Gasteiger partial charge in [-0.25, -0.2) is 4.99 Å². The van der Waals surface area contributed by atoms with Gasteiger partial charge in [0, 0.05) is 37.2 Å². The summed E-state index contributed by atoms with van der Waals surface area (Å²) < 4.78 is 11.4.